The molecule has 7 nitrogen and oxygen atoms in total. The largest absolute Gasteiger partial charge is 0.352 e. The zero-order chi connectivity index (χ0) is 34.1. The lowest BCUT2D eigenvalue weighted by Crippen LogP contribution is -2.55. The average Bonchev–Trinajstić information content (AvgIpc) is 3.11. The molecule has 252 valence electrons. The number of hydrogen-bond acceptors (Lipinski definition) is 4. The van der Waals surface area contributed by atoms with Crippen molar-refractivity contribution in [2.75, 3.05) is 10.8 Å². The molecule has 4 aromatic carbocycles. The molecular formula is C38H41Cl2N3O4S. The number of nitrogens with one attached hydrogen (secondary N) is 1. The first-order valence-electron chi connectivity index (χ1n) is 16.4. The Morgan fingerprint density at radius 3 is 2.00 bits per heavy atom. The summed E-state index contributed by atoms with van der Waals surface area (Å²) < 4.78 is 29.5. The predicted molar refractivity (Wildman–Crippen MR) is 193 cm³/mol. The third-order valence-corrected chi connectivity index (χ3v) is 11.4. The lowest BCUT2D eigenvalue weighted by molar-refractivity contribution is -0.140. The van der Waals surface area contributed by atoms with Crippen LogP contribution in [0, 0.1) is 0 Å². The molecule has 48 heavy (non-hydrogen) atoms. The van der Waals surface area contributed by atoms with Gasteiger partial charge in [0.25, 0.3) is 10.0 Å². The average molecular weight is 707 g/mol. The van der Waals surface area contributed by atoms with Crippen LogP contribution in [0.4, 0.5) is 5.69 Å². The van der Waals surface area contributed by atoms with Crippen LogP contribution >= 0.6 is 23.2 Å². The second-order valence-electron chi connectivity index (χ2n) is 12.1. The van der Waals surface area contributed by atoms with E-state index in [2.05, 4.69) is 5.32 Å². The van der Waals surface area contributed by atoms with E-state index in [0.29, 0.717) is 21.3 Å². The molecule has 0 saturated heterocycles. The highest BCUT2D eigenvalue weighted by Crippen LogP contribution is 2.29. The van der Waals surface area contributed by atoms with Crippen LogP contribution < -0.4 is 9.62 Å². The second kappa shape index (κ2) is 16.5. The fraction of sp³-hybridized carbons (Fsp3) is 0.316. The number of sulfonamides is 1. The molecule has 0 heterocycles. The maximum absolute atomic E-state index is 14.7. The molecule has 1 atom stereocenters. The number of amides is 2. The molecule has 1 aliphatic rings. The Hall–Kier alpha value is -3.85. The van der Waals surface area contributed by atoms with Gasteiger partial charge in [0.1, 0.15) is 12.6 Å². The summed E-state index contributed by atoms with van der Waals surface area (Å²) in [4.78, 5) is 30.5. The van der Waals surface area contributed by atoms with E-state index in [0.717, 1.165) is 54.0 Å². The Bertz CT molecular complexity index is 1760. The molecule has 0 bridgehead atoms. The van der Waals surface area contributed by atoms with Gasteiger partial charge >= 0.3 is 0 Å². The van der Waals surface area contributed by atoms with E-state index >= 15 is 0 Å². The molecule has 10 heteroatoms. The fourth-order valence-electron chi connectivity index (χ4n) is 6.10. The number of rotatable bonds is 13. The normalized spacial score (nSPS) is 14.2. The van der Waals surface area contributed by atoms with E-state index in [1.807, 2.05) is 49.4 Å². The summed E-state index contributed by atoms with van der Waals surface area (Å²) in [5.41, 5.74) is 2.70. The molecule has 2 amide bonds. The van der Waals surface area contributed by atoms with Crippen molar-refractivity contribution >= 4 is 50.7 Å². The Labute approximate surface area is 293 Å². The van der Waals surface area contributed by atoms with Gasteiger partial charge in [-0.1, -0.05) is 116 Å². The van der Waals surface area contributed by atoms with E-state index in [-0.39, 0.29) is 29.8 Å². The molecule has 0 unspecified atom stereocenters. The molecule has 5 rings (SSSR count). The fourth-order valence-corrected chi connectivity index (χ4v) is 8.05. The van der Waals surface area contributed by atoms with Crippen molar-refractivity contribution in [2.24, 2.45) is 0 Å². The molecule has 0 aromatic heterocycles. The van der Waals surface area contributed by atoms with Crippen LogP contribution in [0.25, 0.3) is 0 Å². The van der Waals surface area contributed by atoms with Gasteiger partial charge in [-0.25, -0.2) is 8.42 Å². The van der Waals surface area contributed by atoms with Crippen molar-refractivity contribution in [1.29, 1.82) is 0 Å². The first-order valence-corrected chi connectivity index (χ1v) is 18.6. The molecule has 0 spiro atoms. The Morgan fingerprint density at radius 2 is 1.40 bits per heavy atom. The molecule has 1 saturated carbocycles. The van der Waals surface area contributed by atoms with Crippen LogP contribution in [0.1, 0.15) is 55.7 Å². The SMILES string of the molecule is CCc1ccc(N(CC(=O)N(Cc2c(Cl)cccc2Cl)[C@@H](Cc2ccccc2)C(=O)NC2CCCCC2)S(=O)(=O)c2ccccc2)cc1. The zero-order valence-corrected chi connectivity index (χ0v) is 29.4. The number of nitrogens with zero attached hydrogens (tertiary/aromatic N) is 2. The molecular weight excluding hydrogens is 665 g/mol. The molecule has 1 N–H and O–H groups in total. The van der Waals surface area contributed by atoms with Crippen molar-refractivity contribution in [3.8, 4) is 0 Å². The minimum atomic E-state index is -4.19. The van der Waals surface area contributed by atoms with Gasteiger partial charge in [-0.2, -0.15) is 0 Å². The molecule has 0 radical (unpaired) electrons. The van der Waals surface area contributed by atoms with Crippen molar-refractivity contribution < 1.29 is 18.0 Å². The van der Waals surface area contributed by atoms with Crippen molar-refractivity contribution in [1.82, 2.24) is 10.2 Å². The molecule has 0 aliphatic heterocycles. The van der Waals surface area contributed by atoms with E-state index in [1.165, 1.54) is 17.0 Å². The monoisotopic (exact) mass is 705 g/mol. The first kappa shape index (κ1) is 35.5. The summed E-state index contributed by atoms with van der Waals surface area (Å²) in [5.74, 6) is -0.864. The highest BCUT2D eigenvalue weighted by atomic mass is 35.5. The lowest BCUT2D eigenvalue weighted by atomic mass is 9.94. The van der Waals surface area contributed by atoms with Gasteiger partial charge in [0.05, 0.1) is 10.6 Å². The van der Waals surface area contributed by atoms with Gasteiger partial charge in [0, 0.05) is 34.6 Å². The number of carbonyl (C=O) groups is 2. The van der Waals surface area contributed by atoms with Crippen LogP contribution in [0.3, 0.4) is 0 Å². The lowest BCUT2D eigenvalue weighted by Gasteiger charge is -2.35. The van der Waals surface area contributed by atoms with Crippen LogP contribution in [0.5, 0.6) is 0 Å². The third kappa shape index (κ3) is 8.78. The molecule has 1 aliphatic carbocycles. The number of hydrogen-bond donors (Lipinski definition) is 1. The quantitative estimate of drug-likeness (QED) is 0.154. The van der Waals surface area contributed by atoms with E-state index < -0.39 is 28.5 Å². The van der Waals surface area contributed by atoms with Gasteiger partial charge < -0.3 is 10.2 Å². The van der Waals surface area contributed by atoms with E-state index in [1.54, 1.807) is 48.5 Å². The van der Waals surface area contributed by atoms with E-state index in [9.17, 15) is 18.0 Å². The number of benzene rings is 4. The van der Waals surface area contributed by atoms with E-state index in [4.69, 9.17) is 23.2 Å². The van der Waals surface area contributed by atoms with Gasteiger partial charge in [0.15, 0.2) is 0 Å². The maximum Gasteiger partial charge on any atom is 0.264 e. The summed E-state index contributed by atoms with van der Waals surface area (Å²) >= 11 is 13.3. The summed E-state index contributed by atoms with van der Waals surface area (Å²) in [5, 5.41) is 3.90. The van der Waals surface area contributed by atoms with Crippen molar-refractivity contribution in [3.05, 3.63) is 130 Å². The number of anilines is 1. The Morgan fingerprint density at radius 1 is 0.792 bits per heavy atom. The minimum Gasteiger partial charge on any atom is -0.352 e. The standard InChI is InChI=1S/C38H41Cl2N3O4S/c1-2-28-21-23-31(24-22-28)43(48(46,47)32-17-10-5-11-18-32)27-37(44)42(26-33-34(39)19-12-20-35(33)40)36(25-29-13-6-3-7-14-29)38(45)41-30-15-8-4-9-16-30/h3,5-7,10-14,17-24,30,36H,2,4,8-9,15-16,25-27H2,1H3,(H,41,45)/t36-/m0/s1. The van der Waals surface area contributed by atoms with Gasteiger partial charge in [-0.15, -0.1) is 0 Å². The maximum atomic E-state index is 14.7. The summed E-state index contributed by atoms with van der Waals surface area (Å²) in [6.07, 6.45) is 5.89. The summed E-state index contributed by atoms with van der Waals surface area (Å²) in [6, 6.07) is 28.7. The van der Waals surface area contributed by atoms with Crippen LogP contribution in [0.15, 0.2) is 108 Å². The predicted octanol–water partition coefficient (Wildman–Crippen LogP) is 7.84. The third-order valence-electron chi connectivity index (χ3n) is 8.86. The highest BCUT2D eigenvalue weighted by Gasteiger charge is 2.36. The molecule has 1 fully saturated rings. The number of halogens is 2. The van der Waals surface area contributed by atoms with Crippen molar-refractivity contribution in [2.45, 2.75) is 75.4 Å². The van der Waals surface area contributed by atoms with Gasteiger partial charge in [-0.3, -0.25) is 13.9 Å². The Kier molecular flexibility index (Phi) is 12.2. The zero-order valence-electron chi connectivity index (χ0n) is 27.0. The smallest absolute Gasteiger partial charge is 0.264 e. The van der Waals surface area contributed by atoms with Crippen LogP contribution in [-0.4, -0.2) is 43.8 Å². The van der Waals surface area contributed by atoms with Gasteiger partial charge in [-0.05, 0) is 66.8 Å². The highest BCUT2D eigenvalue weighted by molar-refractivity contribution is 7.92. The second-order valence-corrected chi connectivity index (χ2v) is 14.8. The Balaban J connectivity index is 1.58. The topological polar surface area (TPSA) is 86.8 Å². The summed E-state index contributed by atoms with van der Waals surface area (Å²) in [6.45, 7) is 1.37. The summed E-state index contributed by atoms with van der Waals surface area (Å²) in [7, 11) is -4.19. The molecule has 4 aromatic rings. The minimum absolute atomic E-state index is 0.00239. The first-order chi connectivity index (χ1) is 23.2. The number of carbonyl (C=O) groups excluding carboxylic acids is 2. The van der Waals surface area contributed by atoms with Crippen LogP contribution in [-0.2, 0) is 39.0 Å². The van der Waals surface area contributed by atoms with Crippen LogP contribution in [0.2, 0.25) is 10.0 Å². The van der Waals surface area contributed by atoms with Gasteiger partial charge in [0.2, 0.25) is 11.8 Å². The van der Waals surface area contributed by atoms with Crippen molar-refractivity contribution in [3.63, 3.8) is 0 Å². The number of aryl methyl sites for hydroxylation is 1.